The van der Waals surface area contributed by atoms with E-state index in [1.165, 1.54) is 0 Å². The molecule has 1 heterocycles. The molecule has 0 radical (unpaired) electrons. The average Bonchev–Trinajstić information content (AvgIpc) is 2.44. The van der Waals surface area contributed by atoms with Crippen molar-refractivity contribution in [2.75, 3.05) is 23.8 Å². The van der Waals surface area contributed by atoms with Gasteiger partial charge >= 0.3 is 5.97 Å². The first-order chi connectivity index (χ1) is 10.0. The van der Waals surface area contributed by atoms with Gasteiger partial charge in [0.25, 0.3) is 0 Å². The van der Waals surface area contributed by atoms with Gasteiger partial charge in [0, 0.05) is 18.5 Å². The van der Waals surface area contributed by atoms with Gasteiger partial charge in [-0.25, -0.2) is 14.8 Å². The number of esters is 1. The van der Waals surface area contributed by atoms with Gasteiger partial charge in [-0.15, -0.1) is 0 Å². The van der Waals surface area contributed by atoms with Gasteiger partial charge in [-0.2, -0.15) is 0 Å². The Kier molecular flexibility index (Phi) is 6.91. The number of ether oxygens (including phenoxy) is 1. The zero-order valence-corrected chi connectivity index (χ0v) is 13.6. The largest absolute Gasteiger partial charge is 0.464 e. The number of rotatable bonds is 8. The molecule has 0 fully saturated rings. The Balaban J connectivity index is 3.00. The van der Waals surface area contributed by atoms with Gasteiger partial charge in [-0.3, -0.25) is 0 Å². The van der Waals surface area contributed by atoms with Crippen molar-refractivity contribution in [3.63, 3.8) is 0 Å². The van der Waals surface area contributed by atoms with E-state index in [1.807, 2.05) is 13.8 Å². The highest BCUT2D eigenvalue weighted by Gasteiger charge is 2.17. The molecule has 0 aliphatic heterocycles. The summed E-state index contributed by atoms with van der Waals surface area (Å²) in [5.74, 6) is 2.00. The van der Waals surface area contributed by atoms with E-state index in [9.17, 15) is 4.79 Å². The van der Waals surface area contributed by atoms with Crippen molar-refractivity contribution in [3.05, 3.63) is 11.4 Å². The quantitative estimate of drug-likeness (QED) is 0.718. The number of hydrogen-bond acceptors (Lipinski definition) is 6. The molecular weight excluding hydrogens is 268 g/mol. The lowest BCUT2D eigenvalue weighted by Gasteiger charge is -2.17. The summed E-state index contributed by atoms with van der Waals surface area (Å²) in [6.45, 7) is 10.8. The number of anilines is 2. The summed E-state index contributed by atoms with van der Waals surface area (Å²) in [6.07, 6.45) is 1.78. The van der Waals surface area contributed by atoms with E-state index >= 15 is 0 Å². The second-order valence-corrected chi connectivity index (χ2v) is 4.86. The molecule has 1 unspecified atom stereocenters. The Morgan fingerprint density at radius 2 is 1.90 bits per heavy atom. The predicted molar refractivity (Wildman–Crippen MR) is 84.6 cm³/mol. The Bertz CT molecular complexity index is 477. The number of aryl methyl sites for hydroxylation is 1. The van der Waals surface area contributed by atoms with Crippen LogP contribution in [0.2, 0.25) is 0 Å². The first kappa shape index (κ1) is 17.2. The van der Waals surface area contributed by atoms with Gasteiger partial charge < -0.3 is 15.4 Å². The van der Waals surface area contributed by atoms with Crippen LogP contribution in [0, 0.1) is 6.92 Å². The molecule has 0 amide bonds. The molecule has 0 saturated heterocycles. The summed E-state index contributed by atoms with van der Waals surface area (Å²) >= 11 is 0. The van der Waals surface area contributed by atoms with Gasteiger partial charge in [0.2, 0.25) is 0 Å². The zero-order valence-electron chi connectivity index (χ0n) is 13.6. The monoisotopic (exact) mass is 294 g/mol. The fourth-order valence-electron chi connectivity index (χ4n) is 1.91. The topological polar surface area (TPSA) is 76.1 Å². The van der Waals surface area contributed by atoms with E-state index < -0.39 is 6.04 Å². The fourth-order valence-corrected chi connectivity index (χ4v) is 1.91. The Morgan fingerprint density at radius 1 is 1.24 bits per heavy atom. The number of nitrogens with one attached hydrogen (secondary N) is 2. The van der Waals surface area contributed by atoms with Crippen LogP contribution in [-0.4, -0.2) is 35.1 Å². The van der Waals surface area contributed by atoms with Gasteiger partial charge in [0.15, 0.2) is 0 Å². The maximum Gasteiger partial charge on any atom is 0.328 e. The molecule has 2 N–H and O–H groups in total. The van der Waals surface area contributed by atoms with Crippen LogP contribution < -0.4 is 10.6 Å². The van der Waals surface area contributed by atoms with Crippen LogP contribution in [-0.2, 0) is 16.0 Å². The summed E-state index contributed by atoms with van der Waals surface area (Å²) in [6, 6.07) is -0.442. The Morgan fingerprint density at radius 3 is 2.48 bits per heavy atom. The maximum atomic E-state index is 11.7. The summed E-state index contributed by atoms with van der Waals surface area (Å²) in [4.78, 5) is 20.8. The minimum Gasteiger partial charge on any atom is -0.464 e. The summed E-state index contributed by atoms with van der Waals surface area (Å²) < 4.78 is 5.01. The van der Waals surface area contributed by atoms with E-state index in [1.54, 1.807) is 13.8 Å². The third-order valence-electron chi connectivity index (χ3n) is 3.00. The van der Waals surface area contributed by atoms with Gasteiger partial charge in [0.1, 0.15) is 23.5 Å². The number of carbonyl (C=O) groups is 1. The average molecular weight is 294 g/mol. The lowest BCUT2D eigenvalue weighted by molar-refractivity contribution is -0.143. The molecule has 0 aliphatic carbocycles. The molecule has 1 rings (SSSR count). The third kappa shape index (κ3) is 4.88. The lowest BCUT2D eigenvalue weighted by atomic mass is 10.2. The SMILES string of the molecule is CCCc1nc(NCC)c(C)c(NC(C)C(=O)OCC)n1. The van der Waals surface area contributed by atoms with Gasteiger partial charge in [-0.1, -0.05) is 6.92 Å². The molecule has 21 heavy (non-hydrogen) atoms. The molecule has 6 heteroatoms. The first-order valence-electron chi connectivity index (χ1n) is 7.57. The van der Waals surface area contributed by atoms with Crippen LogP contribution in [0.5, 0.6) is 0 Å². The number of aromatic nitrogens is 2. The van der Waals surface area contributed by atoms with Crippen molar-refractivity contribution >= 4 is 17.6 Å². The Hall–Kier alpha value is -1.85. The highest BCUT2D eigenvalue weighted by molar-refractivity contribution is 5.79. The molecule has 118 valence electrons. The van der Waals surface area contributed by atoms with Crippen LogP contribution >= 0.6 is 0 Å². The van der Waals surface area contributed by atoms with Crippen LogP contribution in [0.1, 0.15) is 45.5 Å². The smallest absolute Gasteiger partial charge is 0.328 e. The Labute approximate surface area is 126 Å². The van der Waals surface area contributed by atoms with Crippen molar-refractivity contribution in [1.82, 2.24) is 9.97 Å². The molecule has 1 atom stereocenters. The highest BCUT2D eigenvalue weighted by Crippen LogP contribution is 2.21. The summed E-state index contributed by atoms with van der Waals surface area (Å²) in [7, 11) is 0. The van der Waals surface area contributed by atoms with Crippen molar-refractivity contribution in [1.29, 1.82) is 0 Å². The van der Waals surface area contributed by atoms with E-state index in [-0.39, 0.29) is 5.97 Å². The van der Waals surface area contributed by atoms with Crippen LogP contribution in [0.15, 0.2) is 0 Å². The van der Waals surface area contributed by atoms with Crippen LogP contribution in [0.3, 0.4) is 0 Å². The zero-order chi connectivity index (χ0) is 15.8. The molecule has 0 spiro atoms. The van der Waals surface area contributed by atoms with E-state index in [2.05, 4.69) is 27.5 Å². The standard InChI is InChI=1S/C15H26N4O2/c1-6-9-12-18-13(16-7-2)10(4)14(19-12)17-11(5)15(20)21-8-3/h11H,6-9H2,1-5H3,(H2,16,17,18,19). The van der Waals surface area contributed by atoms with E-state index in [4.69, 9.17) is 4.74 Å². The first-order valence-corrected chi connectivity index (χ1v) is 7.57. The third-order valence-corrected chi connectivity index (χ3v) is 3.00. The summed E-state index contributed by atoms with van der Waals surface area (Å²) in [5.41, 5.74) is 0.910. The number of nitrogens with zero attached hydrogens (tertiary/aromatic N) is 2. The molecule has 0 saturated carbocycles. The summed E-state index contributed by atoms with van der Waals surface area (Å²) in [5, 5.41) is 6.36. The maximum absolute atomic E-state index is 11.7. The van der Waals surface area contributed by atoms with Crippen molar-refractivity contribution < 1.29 is 9.53 Å². The van der Waals surface area contributed by atoms with Gasteiger partial charge in [-0.05, 0) is 34.1 Å². The molecule has 0 aromatic carbocycles. The van der Waals surface area contributed by atoms with E-state index in [0.717, 1.165) is 36.6 Å². The molecule has 1 aromatic rings. The number of hydrogen-bond donors (Lipinski definition) is 2. The van der Waals surface area contributed by atoms with Crippen molar-refractivity contribution in [3.8, 4) is 0 Å². The highest BCUT2D eigenvalue weighted by atomic mass is 16.5. The minimum absolute atomic E-state index is 0.280. The number of carbonyl (C=O) groups excluding carboxylic acids is 1. The second kappa shape index (κ2) is 8.44. The minimum atomic E-state index is -0.442. The molecular formula is C15H26N4O2. The van der Waals surface area contributed by atoms with Crippen LogP contribution in [0.25, 0.3) is 0 Å². The second-order valence-electron chi connectivity index (χ2n) is 4.86. The van der Waals surface area contributed by atoms with E-state index in [0.29, 0.717) is 12.4 Å². The molecule has 1 aromatic heterocycles. The predicted octanol–water partition coefficient (Wildman–Crippen LogP) is 2.53. The molecule has 6 nitrogen and oxygen atoms in total. The van der Waals surface area contributed by atoms with Gasteiger partial charge in [0.05, 0.1) is 6.61 Å². The van der Waals surface area contributed by atoms with Crippen LogP contribution in [0.4, 0.5) is 11.6 Å². The molecule has 0 aliphatic rings. The fraction of sp³-hybridized carbons (Fsp3) is 0.667. The molecule has 0 bridgehead atoms. The van der Waals surface area contributed by atoms with Crippen molar-refractivity contribution in [2.24, 2.45) is 0 Å². The van der Waals surface area contributed by atoms with Crippen molar-refractivity contribution in [2.45, 2.75) is 53.5 Å². The lowest BCUT2D eigenvalue weighted by Crippen LogP contribution is -2.29. The normalized spacial score (nSPS) is 11.9.